The predicted octanol–water partition coefficient (Wildman–Crippen LogP) is 3.11. The largest absolute Gasteiger partial charge is 0.395 e. The first-order valence-electron chi connectivity index (χ1n) is 6.17. The van der Waals surface area contributed by atoms with E-state index in [1.165, 1.54) is 6.42 Å². The fourth-order valence-corrected chi connectivity index (χ4v) is 2.57. The molecule has 2 aromatic rings. The molecule has 4 nitrogen and oxygen atoms in total. The summed E-state index contributed by atoms with van der Waals surface area (Å²) in [5, 5.41) is 3.37. The summed E-state index contributed by atoms with van der Waals surface area (Å²) in [6, 6.07) is 4.10. The van der Waals surface area contributed by atoms with Crippen LogP contribution in [0, 0.1) is 0 Å². The molecule has 0 saturated heterocycles. The van der Waals surface area contributed by atoms with Crippen molar-refractivity contribution < 1.29 is 4.74 Å². The molecule has 0 spiro atoms. The van der Waals surface area contributed by atoms with Crippen LogP contribution in [0.15, 0.2) is 17.6 Å². The van der Waals surface area contributed by atoms with E-state index in [2.05, 4.69) is 16.4 Å². The summed E-state index contributed by atoms with van der Waals surface area (Å²) in [7, 11) is 1.74. The average Bonchev–Trinajstić information content (AvgIpc) is 2.85. The summed E-state index contributed by atoms with van der Waals surface area (Å²) < 4.78 is 6.15. The molecule has 0 fully saturated rings. The summed E-state index contributed by atoms with van der Waals surface area (Å²) in [6.07, 6.45) is 3.40. The zero-order valence-corrected chi connectivity index (χ0v) is 11.4. The lowest BCUT2D eigenvalue weighted by Gasteiger charge is -2.09. The van der Waals surface area contributed by atoms with Gasteiger partial charge in [-0.1, -0.05) is 0 Å². The smallest absolute Gasteiger partial charge is 0.106 e. The van der Waals surface area contributed by atoms with Crippen LogP contribution >= 0.6 is 11.3 Å². The van der Waals surface area contributed by atoms with Gasteiger partial charge in [0.05, 0.1) is 21.6 Å². The maximum Gasteiger partial charge on any atom is 0.106 e. The zero-order chi connectivity index (χ0) is 12.8. The van der Waals surface area contributed by atoms with E-state index < -0.39 is 0 Å². The highest BCUT2D eigenvalue weighted by molar-refractivity contribution is 7.16. The molecule has 0 saturated carbocycles. The Labute approximate surface area is 111 Å². The maximum absolute atomic E-state index is 6.09. The molecule has 0 amide bonds. The number of unbranched alkanes of at least 4 members (excludes halogenated alkanes) is 2. The van der Waals surface area contributed by atoms with Gasteiger partial charge < -0.3 is 15.8 Å². The molecule has 18 heavy (non-hydrogen) atoms. The Balaban J connectivity index is 1.86. The number of hydrogen-bond donors (Lipinski definition) is 2. The Bertz CT molecular complexity index is 498. The second-order valence-electron chi connectivity index (χ2n) is 4.21. The van der Waals surface area contributed by atoms with Crippen molar-refractivity contribution in [1.82, 2.24) is 4.98 Å². The summed E-state index contributed by atoms with van der Waals surface area (Å²) >= 11 is 1.61. The van der Waals surface area contributed by atoms with Crippen LogP contribution in [0.4, 0.5) is 11.4 Å². The van der Waals surface area contributed by atoms with Gasteiger partial charge in [-0.15, -0.1) is 11.3 Å². The second kappa shape index (κ2) is 6.56. The molecule has 0 aliphatic heterocycles. The number of nitrogens with two attached hydrogens (primary N) is 1. The minimum atomic E-state index is 0.755. The van der Waals surface area contributed by atoms with Gasteiger partial charge in [-0.05, 0) is 31.4 Å². The number of ether oxygens (including phenoxy) is 1. The van der Waals surface area contributed by atoms with Gasteiger partial charge in [-0.3, -0.25) is 0 Å². The fourth-order valence-electron chi connectivity index (χ4n) is 1.88. The highest BCUT2D eigenvalue weighted by atomic mass is 32.1. The molecule has 0 radical (unpaired) electrons. The minimum Gasteiger partial charge on any atom is -0.395 e. The van der Waals surface area contributed by atoms with Crippen LogP contribution in [0.3, 0.4) is 0 Å². The van der Waals surface area contributed by atoms with E-state index in [9.17, 15) is 0 Å². The van der Waals surface area contributed by atoms with Crippen molar-refractivity contribution in [3.63, 3.8) is 0 Å². The Morgan fingerprint density at radius 3 is 3.06 bits per heavy atom. The Morgan fingerprint density at radius 2 is 2.22 bits per heavy atom. The predicted molar refractivity (Wildman–Crippen MR) is 78.2 cm³/mol. The number of rotatable bonds is 7. The van der Waals surface area contributed by atoms with Crippen molar-refractivity contribution in [3.05, 3.63) is 17.6 Å². The molecule has 0 unspecified atom stereocenters. The van der Waals surface area contributed by atoms with Crippen molar-refractivity contribution in [3.8, 4) is 0 Å². The number of thiazole rings is 1. The SMILES string of the molecule is COCCCCCNc1ccc2scnc2c1N. The van der Waals surface area contributed by atoms with E-state index in [1.807, 2.05) is 11.6 Å². The molecule has 1 heterocycles. The van der Waals surface area contributed by atoms with Gasteiger partial charge in [-0.25, -0.2) is 4.98 Å². The lowest BCUT2D eigenvalue weighted by molar-refractivity contribution is 0.192. The number of nitrogen functional groups attached to an aromatic ring is 1. The second-order valence-corrected chi connectivity index (χ2v) is 5.09. The van der Waals surface area contributed by atoms with Crippen LogP contribution in [0.1, 0.15) is 19.3 Å². The molecule has 3 N–H and O–H groups in total. The fraction of sp³-hybridized carbons (Fsp3) is 0.462. The summed E-state index contributed by atoms with van der Waals surface area (Å²) in [4.78, 5) is 4.28. The number of methoxy groups -OCH3 is 1. The summed E-state index contributed by atoms with van der Waals surface area (Å²) in [6.45, 7) is 1.77. The first-order valence-corrected chi connectivity index (χ1v) is 7.05. The van der Waals surface area contributed by atoms with Crippen molar-refractivity contribution in [2.75, 3.05) is 31.3 Å². The molecule has 0 atom stereocenters. The van der Waals surface area contributed by atoms with Crippen molar-refractivity contribution in [1.29, 1.82) is 0 Å². The van der Waals surface area contributed by atoms with Crippen LogP contribution in [0.25, 0.3) is 10.2 Å². The van der Waals surface area contributed by atoms with Gasteiger partial charge in [0.2, 0.25) is 0 Å². The molecule has 5 heteroatoms. The van der Waals surface area contributed by atoms with Gasteiger partial charge in [0, 0.05) is 20.3 Å². The molecule has 1 aromatic carbocycles. The molecule has 98 valence electrons. The van der Waals surface area contributed by atoms with Gasteiger partial charge in [0.1, 0.15) is 5.52 Å². The number of nitrogens with zero attached hydrogens (tertiary/aromatic N) is 1. The topological polar surface area (TPSA) is 60.2 Å². The monoisotopic (exact) mass is 265 g/mol. The Kier molecular flexibility index (Phi) is 4.78. The lowest BCUT2D eigenvalue weighted by atomic mass is 10.2. The first-order chi connectivity index (χ1) is 8.83. The van der Waals surface area contributed by atoms with Crippen LogP contribution in [-0.2, 0) is 4.74 Å². The highest BCUT2D eigenvalue weighted by Gasteiger charge is 2.05. The molecular formula is C13H19N3OS. The highest BCUT2D eigenvalue weighted by Crippen LogP contribution is 2.29. The van der Waals surface area contributed by atoms with Crippen molar-refractivity contribution in [2.45, 2.75) is 19.3 Å². The number of nitrogens with one attached hydrogen (secondary N) is 1. The van der Waals surface area contributed by atoms with Crippen LogP contribution in [0.5, 0.6) is 0 Å². The molecule has 1 aromatic heterocycles. The van der Waals surface area contributed by atoms with Crippen LogP contribution in [-0.4, -0.2) is 25.2 Å². The Hall–Kier alpha value is -1.33. The molecule has 0 aliphatic rings. The first kappa shape index (κ1) is 13.1. The van der Waals surface area contributed by atoms with Gasteiger partial charge in [0.25, 0.3) is 0 Å². The van der Waals surface area contributed by atoms with Crippen molar-refractivity contribution >= 4 is 32.9 Å². The zero-order valence-electron chi connectivity index (χ0n) is 10.6. The standard InChI is InChI=1S/C13H19N3OS/c1-17-8-4-2-3-7-15-10-5-6-11-13(12(10)14)16-9-18-11/h5-6,9,15H,2-4,7-8,14H2,1H3. The third kappa shape index (κ3) is 3.11. The average molecular weight is 265 g/mol. The molecular weight excluding hydrogens is 246 g/mol. The number of anilines is 2. The quantitative estimate of drug-likeness (QED) is 0.596. The van der Waals surface area contributed by atoms with E-state index in [4.69, 9.17) is 10.5 Å². The third-order valence-corrected chi connectivity index (χ3v) is 3.68. The normalized spacial score (nSPS) is 10.9. The molecule has 0 aliphatic carbocycles. The Morgan fingerprint density at radius 1 is 1.33 bits per heavy atom. The van der Waals surface area contributed by atoms with Crippen LogP contribution in [0.2, 0.25) is 0 Å². The lowest BCUT2D eigenvalue weighted by Crippen LogP contribution is -2.04. The number of hydrogen-bond acceptors (Lipinski definition) is 5. The number of benzene rings is 1. The van der Waals surface area contributed by atoms with E-state index >= 15 is 0 Å². The van der Waals surface area contributed by atoms with Gasteiger partial charge in [0.15, 0.2) is 0 Å². The van der Waals surface area contributed by atoms with Gasteiger partial charge in [-0.2, -0.15) is 0 Å². The van der Waals surface area contributed by atoms with E-state index in [1.54, 1.807) is 18.4 Å². The van der Waals surface area contributed by atoms with Gasteiger partial charge >= 0.3 is 0 Å². The van der Waals surface area contributed by atoms with E-state index in [-0.39, 0.29) is 0 Å². The maximum atomic E-state index is 6.09. The van der Waals surface area contributed by atoms with E-state index in [0.717, 1.165) is 47.6 Å². The number of fused-ring (bicyclic) bond motifs is 1. The summed E-state index contributed by atoms with van der Waals surface area (Å²) in [5.41, 5.74) is 10.6. The van der Waals surface area contributed by atoms with Crippen molar-refractivity contribution in [2.24, 2.45) is 0 Å². The van der Waals surface area contributed by atoms with E-state index in [0.29, 0.717) is 0 Å². The number of aromatic nitrogens is 1. The third-order valence-electron chi connectivity index (χ3n) is 2.88. The summed E-state index contributed by atoms with van der Waals surface area (Å²) in [5.74, 6) is 0. The molecule has 0 bridgehead atoms. The van der Waals surface area contributed by atoms with Crippen LogP contribution < -0.4 is 11.1 Å². The minimum absolute atomic E-state index is 0.755. The molecule has 2 rings (SSSR count).